The van der Waals surface area contributed by atoms with Crippen molar-refractivity contribution in [2.24, 2.45) is 0 Å². The fourth-order valence-corrected chi connectivity index (χ4v) is 6.12. The number of Topliss-reactive ketones (excluding diaryl/α,β-unsaturated/α-hetero) is 1. The van der Waals surface area contributed by atoms with Gasteiger partial charge in [-0.2, -0.15) is 0 Å². The molecule has 0 bridgehead atoms. The van der Waals surface area contributed by atoms with Gasteiger partial charge in [-0.3, -0.25) is 24.6 Å². The van der Waals surface area contributed by atoms with Crippen LogP contribution in [0.1, 0.15) is 53.0 Å². The lowest BCUT2D eigenvalue weighted by Crippen LogP contribution is -2.59. The van der Waals surface area contributed by atoms with Gasteiger partial charge in [0.2, 0.25) is 0 Å². The number of aromatic carboxylic acids is 1. The standard InChI is InChI=1S/C31H32BN5O10S/c1-2-11-36-12-13-37(27(40)26(36)39)30(43)34-24(22-17-48-29(33-22)35-31(44)46-16-18-7-4-3-5-8-18)23(38)15-20-14-19-9-6-10-21(28(41)42)25(19)47-32(20)45/h3-10,17,20,24,45H,2,11-16H2,1H3,(H,34,43)(H,41,42)(H,33,35,44)/t20-,24?/m1/s1. The summed E-state index contributed by atoms with van der Waals surface area (Å²) >= 11 is 0.959. The van der Waals surface area contributed by atoms with E-state index < -0.39 is 54.7 Å². The first-order chi connectivity index (χ1) is 23.0. The number of piperazine rings is 1. The smallest absolute Gasteiger partial charge is 0.526 e. The van der Waals surface area contributed by atoms with E-state index >= 15 is 0 Å². The van der Waals surface area contributed by atoms with Crippen LogP contribution < -0.4 is 15.3 Å². The summed E-state index contributed by atoms with van der Waals surface area (Å²) in [6.45, 7) is 2.25. The van der Waals surface area contributed by atoms with Crippen LogP contribution in [0.15, 0.2) is 53.9 Å². The Hall–Kier alpha value is -5.29. The molecule has 5 rings (SSSR count). The van der Waals surface area contributed by atoms with Crippen molar-refractivity contribution in [3.05, 3.63) is 76.3 Å². The number of rotatable bonds is 11. The van der Waals surface area contributed by atoms with E-state index in [1.54, 1.807) is 30.3 Å². The normalized spacial score (nSPS) is 16.5. The van der Waals surface area contributed by atoms with E-state index in [1.807, 2.05) is 13.0 Å². The summed E-state index contributed by atoms with van der Waals surface area (Å²) in [7, 11) is -1.55. The van der Waals surface area contributed by atoms with Gasteiger partial charge in [0.05, 0.1) is 11.3 Å². The highest BCUT2D eigenvalue weighted by molar-refractivity contribution is 7.13. The van der Waals surface area contributed by atoms with Crippen LogP contribution in [0.4, 0.5) is 14.7 Å². The van der Waals surface area contributed by atoms with E-state index in [-0.39, 0.29) is 54.7 Å². The van der Waals surface area contributed by atoms with Crippen LogP contribution >= 0.6 is 11.3 Å². The summed E-state index contributed by atoms with van der Waals surface area (Å²) in [5.74, 6) is -4.57. The number of carbonyl (C=O) groups is 6. The zero-order valence-corrected chi connectivity index (χ0v) is 26.6. The van der Waals surface area contributed by atoms with Crippen LogP contribution in [0, 0.1) is 0 Å². The molecular weight excluding hydrogens is 645 g/mol. The monoisotopic (exact) mass is 677 g/mol. The number of carboxylic acid groups (broad SMARTS) is 1. The number of ether oxygens (including phenoxy) is 1. The summed E-state index contributed by atoms with van der Waals surface area (Å²) in [5.41, 5.74) is 1.13. The Bertz CT molecular complexity index is 1720. The van der Waals surface area contributed by atoms with Crippen LogP contribution in [0.2, 0.25) is 5.82 Å². The number of ketones is 1. The molecular formula is C31H32BN5O10S. The van der Waals surface area contributed by atoms with E-state index in [0.29, 0.717) is 18.5 Å². The number of imide groups is 1. The van der Waals surface area contributed by atoms with Gasteiger partial charge in [0.25, 0.3) is 0 Å². The number of carbonyl (C=O) groups excluding carboxylic acids is 5. The largest absolute Gasteiger partial charge is 0.535 e. The predicted molar refractivity (Wildman–Crippen MR) is 171 cm³/mol. The summed E-state index contributed by atoms with van der Waals surface area (Å²) in [5, 5.41) is 26.7. The number of hydrogen-bond acceptors (Lipinski definition) is 11. The predicted octanol–water partition coefficient (Wildman–Crippen LogP) is 2.87. The van der Waals surface area contributed by atoms with E-state index in [2.05, 4.69) is 15.6 Å². The average molecular weight is 678 g/mol. The zero-order chi connectivity index (χ0) is 34.4. The third-order valence-corrected chi connectivity index (χ3v) is 8.57. The van der Waals surface area contributed by atoms with Crippen molar-refractivity contribution >= 4 is 59.3 Å². The minimum Gasteiger partial charge on any atom is -0.535 e. The molecule has 0 aliphatic carbocycles. The molecule has 48 heavy (non-hydrogen) atoms. The summed E-state index contributed by atoms with van der Waals surface area (Å²) in [4.78, 5) is 83.0. The van der Waals surface area contributed by atoms with Gasteiger partial charge in [-0.1, -0.05) is 49.4 Å². The zero-order valence-electron chi connectivity index (χ0n) is 25.8. The second-order valence-electron chi connectivity index (χ2n) is 11.1. The molecule has 4 N–H and O–H groups in total. The number of fused-ring (bicyclic) bond motifs is 1. The molecule has 1 fully saturated rings. The number of benzene rings is 2. The van der Waals surface area contributed by atoms with Crippen molar-refractivity contribution in [1.82, 2.24) is 20.1 Å². The molecule has 1 unspecified atom stereocenters. The average Bonchev–Trinajstić information content (AvgIpc) is 3.53. The van der Waals surface area contributed by atoms with Gasteiger partial charge < -0.3 is 29.7 Å². The molecule has 2 aliphatic rings. The Morgan fingerprint density at radius 2 is 1.88 bits per heavy atom. The van der Waals surface area contributed by atoms with Crippen LogP contribution in [-0.2, 0) is 32.1 Å². The van der Waals surface area contributed by atoms with E-state index in [4.69, 9.17) is 9.39 Å². The lowest BCUT2D eigenvalue weighted by molar-refractivity contribution is -0.153. The first-order valence-corrected chi connectivity index (χ1v) is 16.0. The van der Waals surface area contributed by atoms with Gasteiger partial charge >= 0.3 is 37.0 Å². The number of aromatic nitrogens is 1. The van der Waals surface area contributed by atoms with E-state index in [1.165, 1.54) is 22.4 Å². The first kappa shape index (κ1) is 34.1. The molecule has 1 saturated heterocycles. The van der Waals surface area contributed by atoms with Crippen LogP contribution in [0.5, 0.6) is 5.75 Å². The SMILES string of the molecule is CCCN1CCN(C(=O)NC(C(=O)C[C@H]2Cc3cccc(C(=O)O)c3OB2O)c2csc(NC(=O)OCc3ccccc3)n2)C(=O)C1=O. The number of anilines is 1. The molecule has 15 nitrogen and oxygen atoms in total. The molecule has 2 aliphatic heterocycles. The minimum atomic E-state index is -1.55. The Kier molecular flexibility index (Phi) is 10.7. The maximum absolute atomic E-state index is 13.8. The third kappa shape index (κ3) is 7.80. The number of para-hydroxylation sites is 1. The number of thiazole rings is 1. The van der Waals surface area contributed by atoms with Crippen molar-refractivity contribution in [2.45, 2.75) is 44.7 Å². The van der Waals surface area contributed by atoms with Gasteiger partial charge in [-0.05, 0) is 30.0 Å². The molecule has 2 atom stereocenters. The molecule has 3 heterocycles. The molecule has 2 aromatic carbocycles. The highest BCUT2D eigenvalue weighted by Crippen LogP contribution is 2.37. The number of nitrogens with zero attached hydrogens (tertiary/aromatic N) is 3. The fourth-order valence-electron chi connectivity index (χ4n) is 5.40. The lowest BCUT2D eigenvalue weighted by Gasteiger charge is -2.33. The maximum atomic E-state index is 13.8. The molecule has 0 radical (unpaired) electrons. The maximum Gasteiger partial charge on any atom is 0.526 e. The van der Waals surface area contributed by atoms with Crippen molar-refractivity contribution in [1.29, 1.82) is 0 Å². The molecule has 250 valence electrons. The molecule has 17 heteroatoms. The highest BCUT2D eigenvalue weighted by atomic mass is 32.1. The van der Waals surface area contributed by atoms with Crippen molar-refractivity contribution < 1.29 is 48.3 Å². The minimum absolute atomic E-state index is 0.00319. The van der Waals surface area contributed by atoms with E-state index in [9.17, 15) is 38.9 Å². The van der Waals surface area contributed by atoms with Crippen LogP contribution in [0.25, 0.3) is 0 Å². The summed E-state index contributed by atoms with van der Waals surface area (Å²) in [6.07, 6.45) is -0.435. The number of hydrogen-bond donors (Lipinski definition) is 4. The Morgan fingerprint density at radius 3 is 2.60 bits per heavy atom. The molecule has 5 amide bonds. The highest BCUT2D eigenvalue weighted by Gasteiger charge is 2.41. The number of amides is 5. The lowest BCUT2D eigenvalue weighted by atomic mass is 9.64. The first-order valence-electron chi connectivity index (χ1n) is 15.1. The summed E-state index contributed by atoms with van der Waals surface area (Å²) in [6, 6.07) is 11.0. The van der Waals surface area contributed by atoms with Gasteiger partial charge in [0, 0.05) is 37.3 Å². The summed E-state index contributed by atoms with van der Waals surface area (Å²) < 4.78 is 10.7. The number of nitrogens with one attached hydrogen (secondary N) is 2. The van der Waals surface area contributed by atoms with Crippen LogP contribution in [-0.4, -0.2) is 87.4 Å². The van der Waals surface area contributed by atoms with Gasteiger partial charge in [-0.25, -0.2) is 19.4 Å². The van der Waals surface area contributed by atoms with Gasteiger partial charge in [0.15, 0.2) is 10.9 Å². The number of urea groups is 1. The fraction of sp³-hybridized carbons (Fsp3) is 0.323. The Balaban J connectivity index is 1.33. The quantitative estimate of drug-likeness (QED) is 0.172. The molecule has 1 aromatic heterocycles. The van der Waals surface area contributed by atoms with Gasteiger partial charge in [0.1, 0.15) is 18.4 Å². The second kappa shape index (κ2) is 15.1. The second-order valence-corrected chi connectivity index (χ2v) is 12.0. The third-order valence-electron chi connectivity index (χ3n) is 7.79. The molecule has 3 aromatic rings. The molecule has 0 spiro atoms. The topological polar surface area (TPSA) is 205 Å². The Labute approximate surface area is 279 Å². The molecule has 0 saturated carbocycles. The van der Waals surface area contributed by atoms with Crippen molar-refractivity contribution in [2.75, 3.05) is 25.0 Å². The van der Waals surface area contributed by atoms with E-state index in [0.717, 1.165) is 21.8 Å². The van der Waals surface area contributed by atoms with Crippen molar-refractivity contribution in [3.8, 4) is 5.75 Å². The van der Waals surface area contributed by atoms with Crippen LogP contribution in [0.3, 0.4) is 0 Å². The Morgan fingerprint density at radius 1 is 1.10 bits per heavy atom. The van der Waals surface area contributed by atoms with Gasteiger partial charge in [-0.15, -0.1) is 11.3 Å². The number of carboxylic acids is 1. The van der Waals surface area contributed by atoms with Crippen molar-refractivity contribution in [3.63, 3.8) is 0 Å².